The lowest BCUT2D eigenvalue weighted by Gasteiger charge is -2.56. The molecule has 0 heterocycles. The lowest BCUT2D eigenvalue weighted by Crippen LogP contribution is -2.54. The highest BCUT2D eigenvalue weighted by atomic mass is 16.2. The number of hydrogen-bond donors (Lipinski definition) is 3. The molecule has 4 fully saturated rings. The maximum absolute atomic E-state index is 11.6. The number of nitrogens with one attached hydrogen (secondary N) is 2. The normalized spacial score (nSPS) is 42.9. The van der Waals surface area contributed by atoms with Crippen molar-refractivity contribution in [3.63, 3.8) is 0 Å². The molecule has 0 aromatic carbocycles. The summed E-state index contributed by atoms with van der Waals surface area (Å²) in [4.78, 5) is 11.6. The lowest BCUT2D eigenvalue weighted by molar-refractivity contribution is -0.122. The van der Waals surface area contributed by atoms with Gasteiger partial charge in [0.25, 0.3) is 0 Å². The van der Waals surface area contributed by atoms with Gasteiger partial charge in [-0.05, 0) is 68.6 Å². The summed E-state index contributed by atoms with van der Waals surface area (Å²) in [6, 6.07) is 0.306. The van der Waals surface area contributed by atoms with E-state index in [1.165, 1.54) is 32.1 Å². The van der Waals surface area contributed by atoms with Crippen LogP contribution in [0.15, 0.2) is 0 Å². The Hall–Kier alpha value is -0.610. The van der Waals surface area contributed by atoms with Gasteiger partial charge in [-0.3, -0.25) is 16.1 Å². The molecule has 4 saturated carbocycles. The van der Waals surface area contributed by atoms with Crippen molar-refractivity contribution >= 4 is 5.91 Å². The summed E-state index contributed by atoms with van der Waals surface area (Å²) in [5, 5.41) is 3.13. The smallest absolute Gasteiger partial charge is 0.235 e. The second kappa shape index (κ2) is 4.82. The Balaban J connectivity index is 1.63. The van der Waals surface area contributed by atoms with Crippen molar-refractivity contribution in [1.82, 2.24) is 10.7 Å². The summed E-state index contributed by atoms with van der Waals surface area (Å²) >= 11 is 0. The van der Waals surface area contributed by atoms with Gasteiger partial charge in [-0.25, -0.2) is 0 Å². The van der Waals surface area contributed by atoms with Crippen LogP contribution >= 0.6 is 0 Å². The van der Waals surface area contributed by atoms with Crippen molar-refractivity contribution in [1.29, 1.82) is 0 Å². The molecule has 0 aliphatic heterocycles. The summed E-state index contributed by atoms with van der Waals surface area (Å²) in [6.07, 6.45) is 7.12. The third-order valence-corrected chi connectivity index (χ3v) is 5.53. The first-order valence-electron chi connectivity index (χ1n) is 7.40. The molecule has 18 heavy (non-hydrogen) atoms. The van der Waals surface area contributed by atoms with Gasteiger partial charge < -0.3 is 5.32 Å². The van der Waals surface area contributed by atoms with E-state index < -0.39 is 0 Å². The molecule has 4 aliphatic rings. The topological polar surface area (TPSA) is 67.2 Å². The van der Waals surface area contributed by atoms with Gasteiger partial charge >= 0.3 is 0 Å². The SMILES string of the molecule is CC(NC(=O)CNN)C1C2CC3CC(C2)CC1C3. The van der Waals surface area contributed by atoms with Crippen LogP contribution in [0.4, 0.5) is 0 Å². The molecule has 4 heteroatoms. The molecule has 4 bridgehead atoms. The first-order chi connectivity index (χ1) is 8.67. The van der Waals surface area contributed by atoms with Gasteiger partial charge in [0.05, 0.1) is 6.54 Å². The van der Waals surface area contributed by atoms with Crippen molar-refractivity contribution < 1.29 is 4.79 Å². The highest BCUT2D eigenvalue weighted by Crippen LogP contribution is 2.57. The van der Waals surface area contributed by atoms with E-state index in [1.807, 2.05) is 0 Å². The molecule has 0 aromatic heterocycles. The summed E-state index contributed by atoms with van der Waals surface area (Å²) in [6.45, 7) is 2.40. The first kappa shape index (κ1) is 12.4. The molecule has 4 aliphatic carbocycles. The Morgan fingerprint density at radius 1 is 1.17 bits per heavy atom. The van der Waals surface area contributed by atoms with Crippen LogP contribution in [0.2, 0.25) is 0 Å². The molecule has 4 rings (SSSR count). The Morgan fingerprint density at radius 3 is 2.22 bits per heavy atom. The van der Waals surface area contributed by atoms with Gasteiger partial charge in [-0.15, -0.1) is 0 Å². The fourth-order valence-corrected chi connectivity index (χ4v) is 5.28. The second-order valence-corrected chi connectivity index (χ2v) is 6.75. The van der Waals surface area contributed by atoms with Crippen molar-refractivity contribution in [2.75, 3.05) is 6.54 Å². The number of amides is 1. The molecule has 0 spiro atoms. The Morgan fingerprint density at radius 2 is 1.72 bits per heavy atom. The zero-order chi connectivity index (χ0) is 12.7. The highest BCUT2D eigenvalue weighted by molar-refractivity contribution is 5.78. The summed E-state index contributed by atoms with van der Waals surface area (Å²) in [5.74, 6) is 9.65. The fraction of sp³-hybridized carbons (Fsp3) is 0.929. The van der Waals surface area contributed by atoms with Crippen molar-refractivity contribution in [3.8, 4) is 0 Å². The number of hydrogen-bond acceptors (Lipinski definition) is 3. The van der Waals surface area contributed by atoms with Crippen LogP contribution < -0.4 is 16.6 Å². The average molecular weight is 251 g/mol. The summed E-state index contributed by atoms with van der Waals surface area (Å²) in [7, 11) is 0. The van der Waals surface area contributed by atoms with Crippen LogP contribution in [-0.4, -0.2) is 18.5 Å². The largest absolute Gasteiger partial charge is 0.352 e. The third-order valence-electron chi connectivity index (χ3n) is 5.53. The van der Waals surface area contributed by atoms with E-state index in [4.69, 9.17) is 5.84 Å². The summed E-state index contributed by atoms with van der Waals surface area (Å²) < 4.78 is 0. The van der Waals surface area contributed by atoms with Crippen molar-refractivity contribution in [3.05, 3.63) is 0 Å². The number of nitrogens with two attached hydrogens (primary N) is 1. The summed E-state index contributed by atoms with van der Waals surface area (Å²) in [5.41, 5.74) is 2.43. The lowest BCUT2D eigenvalue weighted by atomic mass is 9.50. The van der Waals surface area contributed by atoms with E-state index in [1.54, 1.807) is 0 Å². The third kappa shape index (κ3) is 2.16. The van der Waals surface area contributed by atoms with E-state index in [0.717, 1.165) is 23.7 Å². The first-order valence-corrected chi connectivity index (χ1v) is 7.40. The number of hydrazine groups is 1. The predicted molar refractivity (Wildman–Crippen MR) is 70.3 cm³/mol. The average Bonchev–Trinajstić information content (AvgIpc) is 2.27. The fourth-order valence-electron chi connectivity index (χ4n) is 5.28. The van der Waals surface area contributed by atoms with Gasteiger partial charge in [0.2, 0.25) is 5.91 Å². The second-order valence-electron chi connectivity index (χ2n) is 6.75. The van der Waals surface area contributed by atoms with E-state index in [9.17, 15) is 4.79 Å². The van der Waals surface area contributed by atoms with Gasteiger partial charge in [-0.1, -0.05) is 0 Å². The van der Waals surface area contributed by atoms with Gasteiger partial charge in [-0.2, -0.15) is 0 Å². The van der Waals surface area contributed by atoms with Crippen LogP contribution in [0, 0.1) is 29.6 Å². The molecule has 1 unspecified atom stereocenters. The number of carbonyl (C=O) groups is 1. The monoisotopic (exact) mass is 251 g/mol. The molecule has 1 amide bonds. The Kier molecular flexibility index (Phi) is 3.32. The van der Waals surface area contributed by atoms with E-state index in [0.29, 0.717) is 12.0 Å². The maximum Gasteiger partial charge on any atom is 0.235 e. The Bertz CT molecular complexity index is 303. The molecule has 4 N–H and O–H groups in total. The Labute approximate surface area is 109 Å². The van der Waals surface area contributed by atoms with E-state index in [-0.39, 0.29) is 12.5 Å². The minimum absolute atomic E-state index is 0.0267. The minimum Gasteiger partial charge on any atom is -0.352 e. The van der Waals surface area contributed by atoms with E-state index in [2.05, 4.69) is 17.7 Å². The molecule has 0 radical (unpaired) electrons. The standard InChI is InChI=1S/C14H25N3O/c1-8(17-13(18)7-16-15)14-11-3-9-2-10(5-11)6-12(14)4-9/h8-12,14,16H,2-7,15H2,1H3,(H,17,18). The van der Waals surface area contributed by atoms with Crippen molar-refractivity contribution in [2.45, 2.75) is 45.1 Å². The number of carbonyl (C=O) groups excluding carboxylic acids is 1. The van der Waals surface area contributed by atoms with Crippen LogP contribution in [0.25, 0.3) is 0 Å². The quantitative estimate of drug-likeness (QED) is 0.516. The van der Waals surface area contributed by atoms with Crippen molar-refractivity contribution in [2.24, 2.45) is 35.4 Å². The van der Waals surface area contributed by atoms with Crippen LogP contribution in [-0.2, 0) is 4.79 Å². The maximum atomic E-state index is 11.6. The molecular formula is C14H25N3O. The molecular weight excluding hydrogens is 226 g/mol. The molecule has 102 valence electrons. The van der Waals surface area contributed by atoms with Crippen LogP contribution in [0.1, 0.15) is 39.0 Å². The van der Waals surface area contributed by atoms with Crippen LogP contribution in [0.5, 0.6) is 0 Å². The highest BCUT2D eigenvalue weighted by Gasteiger charge is 2.49. The minimum atomic E-state index is 0.0267. The molecule has 4 nitrogen and oxygen atoms in total. The van der Waals surface area contributed by atoms with Gasteiger partial charge in [0.1, 0.15) is 0 Å². The van der Waals surface area contributed by atoms with Crippen LogP contribution in [0.3, 0.4) is 0 Å². The van der Waals surface area contributed by atoms with Gasteiger partial charge in [0.15, 0.2) is 0 Å². The number of rotatable bonds is 4. The molecule has 0 saturated heterocycles. The zero-order valence-corrected chi connectivity index (χ0v) is 11.2. The molecule has 1 atom stereocenters. The van der Waals surface area contributed by atoms with E-state index >= 15 is 0 Å². The van der Waals surface area contributed by atoms with Gasteiger partial charge in [0, 0.05) is 6.04 Å². The zero-order valence-electron chi connectivity index (χ0n) is 11.2. The predicted octanol–water partition coefficient (Wildman–Crippen LogP) is 1.03. The molecule has 0 aromatic rings.